The van der Waals surface area contributed by atoms with Gasteiger partial charge in [0.15, 0.2) is 0 Å². The SMILES string of the molecule is CCN1CC(O)C1c1ccccn1. The molecule has 13 heavy (non-hydrogen) atoms. The van der Waals surface area contributed by atoms with Crippen molar-refractivity contribution in [2.75, 3.05) is 13.1 Å². The molecular weight excluding hydrogens is 164 g/mol. The molecule has 0 amide bonds. The average molecular weight is 178 g/mol. The third-order valence-corrected chi connectivity index (χ3v) is 2.58. The highest BCUT2D eigenvalue weighted by molar-refractivity contribution is 5.14. The molecule has 1 fully saturated rings. The predicted octanol–water partition coefficient (Wildman–Crippen LogP) is 0.819. The van der Waals surface area contributed by atoms with E-state index < -0.39 is 0 Å². The van der Waals surface area contributed by atoms with Gasteiger partial charge >= 0.3 is 0 Å². The summed E-state index contributed by atoms with van der Waals surface area (Å²) in [5.74, 6) is 0. The van der Waals surface area contributed by atoms with E-state index in [0.717, 1.165) is 18.8 Å². The Labute approximate surface area is 78.0 Å². The van der Waals surface area contributed by atoms with Crippen molar-refractivity contribution in [2.24, 2.45) is 0 Å². The minimum atomic E-state index is -0.241. The molecule has 1 aliphatic rings. The summed E-state index contributed by atoms with van der Waals surface area (Å²) in [4.78, 5) is 6.46. The van der Waals surface area contributed by atoms with E-state index in [1.807, 2.05) is 18.2 Å². The van der Waals surface area contributed by atoms with Crippen LogP contribution in [-0.4, -0.2) is 34.2 Å². The van der Waals surface area contributed by atoms with Crippen molar-refractivity contribution in [1.29, 1.82) is 0 Å². The first-order valence-electron chi connectivity index (χ1n) is 4.66. The number of hydrogen-bond acceptors (Lipinski definition) is 3. The molecule has 2 rings (SSSR count). The van der Waals surface area contributed by atoms with Crippen LogP contribution in [0.2, 0.25) is 0 Å². The van der Waals surface area contributed by atoms with Gasteiger partial charge in [-0.1, -0.05) is 13.0 Å². The normalized spacial score (nSPS) is 28.5. The van der Waals surface area contributed by atoms with E-state index in [1.165, 1.54) is 0 Å². The molecule has 1 N–H and O–H groups in total. The molecule has 2 heterocycles. The third kappa shape index (κ3) is 1.45. The Hall–Kier alpha value is -0.930. The van der Waals surface area contributed by atoms with Gasteiger partial charge in [0.2, 0.25) is 0 Å². The first-order chi connectivity index (χ1) is 6.33. The number of β-amino-alcohol motifs (C(OH)–C–C–N with tert-alkyl or cyclic N) is 1. The Morgan fingerprint density at radius 3 is 3.00 bits per heavy atom. The van der Waals surface area contributed by atoms with Gasteiger partial charge in [0.1, 0.15) is 0 Å². The zero-order chi connectivity index (χ0) is 9.26. The maximum atomic E-state index is 9.58. The van der Waals surface area contributed by atoms with E-state index in [1.54, 1.807) is 6.20 Å². The number of likely N-dealkylation sites (tertiary alicyclic amines) is 1. The minimum Gasteiger partial charge on any atom is -0.390 e. The maximum Gasteiger partial charge on any atom is 0.0879 e. The van der Waals surface area contributed by atoms with Crippen molar-refractivity contribution in [3.8, 4) is 0 Å². The molecule has 0 saturated carbocycles. The fourth-order valence-corrected chi connectivity index (χ4v) is 1.82. The molecule has 70 valence electrons. The van der Waals surface area contributed by atoms with E-state index in [0.29, 0.717) is 0 Å². The smallest absolute Gasteiger partial charge is 0.0879 e. The summed E-state index contributed by atoms with van der Waals surface area (Å²) >= 11 is 0. The molecule has 2 atom stereocenters. The van der Waals surface area contributed by atoms with Crippen molar-refractivity contribution in [3.05, 3.63) is 30.1 Å². The highest BCUT2D eigenvalue weighted by Crippen LogP contribution is 2.31. The predicted molar refractivity (Wildman–Crippen MR) is 50.2 cm³/mol. The lowest BCUT2D eigenvalue weighted by atomic mass is 9.96. The van der Waals surface area contributed by atoms with E-state index in [2.05, 4.69) is 16.8 Å². The molecule has 1 aromatic rings. The van der Waals surface area contributed by atoms with Gasteiger partial charge in [-0.05, 0) is 18.7 Å². The van der Waals surface area contributed by atoms with Gasteiger partial charge < -0.3 is 5.11 Å². The zero-order valence-electron chi connectivity index (χ0n) is 7.72. The molecule has 1 aromatic heterocycles. The van der Waals surface area contributed by atoms with Crippen molar-refractivity contribution in [2.45, 2.75) is 19.1 Å². The van der Waals surface area contributed by atoms with Gasteiger partial charge in [-0.2, -0.15) is 0 Å². The number of likely N-dealkylation sites (N-methyl/N-ethyl adjacent to an activating group) is 1. The number of aromatic nitrogens is 1. The van der Waals surface area contributed by atoms with Crippen LogP contribution in [0.25, 0.3) is 0 Å². The highest BCUT2D eigenvalue weighted by Gasteiger charge is 2.38. The van der Waals surface area contributed by atoms with Crippen LogP contribution in [0.5, 0.6) is 0 Å². The van der Waals surface area contributed by atoms with Gasteiger partial charge in [0.25, 0.3) is 0 Å². The van der Waals surface area contributed by atoms with E-state index in [9.17, 15) is 5.11 Å². The number of rotatable bonds is 2. The standard InChI is InChI=1S/C10H14N2O/c1-2-12-7-9(13)10(12)8-5-3-4-6-11-8/h3-6,9-10,13H,2,7H2,1H3. The highest BCUT2D eigenvalue weighted by atomic mass is 16.3. The van der Waals surface area contributed by atoms with Gasteiger partial charge in [0, 0.05) is 12.7 Å². The quantitative estimate of drug-likeness (QED) is 0.728. The molecule has 0 aliphatic carbocycles. The molecule has 0 radical (unpaired) electrons. The van der Waals surface area contributed by atoms with Crippen molar-refractivity contribution in [3.63, 3.8) is 0 Å². The Morgan fingerprint density at radius 1 is 1.62 bits per heavy atom. The second-order valence-electron chi connectivity index (χ2n) is 3.35. The molecule has 0 aromatic carbocycles. The van der Waals surface area contributed by atoms with E-state index in [-0.39, 0.29) is 12.1 Å². The van der Waals surface area contributed by atoms with Gasteiger partial charge in [-0.3, -0.25) is 9.88 Å². The molecule has 3 heteroatoms. The summed E-state index contributed by atoms with van der Waals surface area (Å²) in [5.41, 5.74) is 0.975. The molecule has 2 unspecified atom stereocenters. The lowest BCUT2D eigenvalue weighted by Crippen LogP contribution is -2.53. The monoisotopic (exact) mass is 178 g/mol. The van der Waals surface area contributed by atoms with Crippen molar-refractivity contribution in [1.82, 2.24) is 9.88 Å². The Balaban J connectivity index is 2.16. The number of hydrogen-bond donors (Lipinski definition) is 1. The molecular formula is C10H14N2O. The fourth-order valence-electron chi connectivity index (χ4n) is 1.82. The Bertz CT molecular complexity index is 276. The topological polar surface area (TPSA) is 36.4 Å². The third-order valence-electron chi connectivity index (χ3n) is 2.58. The summed E-state index contributed by atoms with van der Waals surface area (Å²) in [7, 11) is 0. The summed E-state index contributed by atoms with van der Waals surface area (Å²) in [6.07, 6.45) is 1.53. The molecule has 0 spiro atoms. The number of aliphatic hydroxyl groups is 1. The zero-order valence-corrected chi connectivity index (χ0v) is 7.72. The Kier molecular flexibility index (Phi) is 2.29. The van der Waals surface area contributed by atoms with Crippen molar-refractivity contribution >= 4 is 0 Å². The van der Waals surface area contributed by atoms with Crippen LogP contribution in [0.3, 0.4) is 0 Å². The van der Waals surface area contributed by atoms with Gasteiger partial charge in [0.05, 0.1) is 17.8 Å². The molecule has 1 saturated heterocycles. The molecule has 0 bridgehead atoms. The van der Waals surface area contributed by atoms with E-state index in [4.69, 9.17) is 0 Å². The second-order valence-corrected chi connectivity index (χ2v) is 3.35. The minimum absolute atomic E-state index is 0.117. The molecule has 1 aliphatic heterocycles. The largest absolute Gasteiger partial charge is 0.390 e. The molecule has 3 nitrogen and oxygen atoms in total. The van der Waals surface area contributed by atoms with Crippen LogP contribution in [0, 0.1) is 0 Å². The maximum absolute atomic E-state index is 9.58. The van der Waals surface area contributed by atoms with Crippen LogP contribution >= 0.6 is 0 Å². The van der Waals surface area contributed by atoms with Crippen LogP contribution in [0.1, 0.15) is 18.7 Å². The lowest BCUT2D eigenvalue weighted by molar-refractivity contribution is -0.0621. The first-order valence-corrected chi connectivity index (χ1v) is 4.66. The first kappa shape index (κ1) is 8.66. The number of aliphatic hydroxyl groups excluding tert-OH is 1. The number of nitrogens with zero attached hydrogens (tertiary/aromatic N) is 2. The van der Waals surface area contributed by atoms with Gasteiger partial charge in [-0.25, -0.2) is 0 Å². The summed E-state index contributed by atoms with van der Waals surface area (Å²) in [6.45, 7) is 3.85. The van der Waals surface area contributed by atoms with E-state index >= 15 is 0 Å². The Morgan fingerprint density at radius 2 is 2.46 bits per heavy atom. The fraction of sp³-hybridized carbons (Fsp3) is 0.500. The van der Waals surface area contributed by atoms with Gasteiger partial charge in [-0.15, -0.1) is 0 Å². The van der Waals surface area contributed by atoms with Crippen LogP contribution < -0.4 is 0 Å². The summed E-state index contributed by atoms with van der Waals surface area (Å²) < 4.78 is 0. The van der Waals surface area contributed by atoms with Crippen molar-refractivity contribution < 1.29 is 5.11 Å². The average Bonchev–Trinajstić information content (AvgIpc) is 2.15. The second kappa shape index (κ2) is 3.44. The van der Waals surface area contributed by atoms with Crippen LogP contribution in [0.4, 0.5) is 0 Å². The summed E-state index contributed by atoms with van der Waals surface area (Å²) in [6, 6.07) is 5.94. The van der Waals surface area contributed by atoms with Crippen LogP contribution in [0.15, 0.2) is 24.4 Å². The lowest BCUT2D eigenvalue weighted by Gasteiger charge is -2.44. The summed E-state index contributed by atoms with van der Waals surface area (Å²) in [5, 5.41) is 9.58. The number of pyridine rings is 1. The van der Waals surface area contributed by atoms with Crippen LogP contribution in [-0.2, 0) is 0 Å².